The SMILES string of the molecule is N#C/C(=N\Nc1c(C(=O)O)cc([N+](=O)[O-])cc1[N+](=O)[O-])C(=N)N. The summed E-state index contributed by atoms with van der Waals surface area (Å²) in [6, 6.07) is 2.53. The van der Waals surface area contributed by atoms with Crippen LogP contribution in [-0.4, -0.2) is 32.5 Å². The number of amidine groups is 1. The summed E-state index contributed by atoms with van der Waals surface area (Å²) in [6.45, 7) is 0. The van der Waals surface area contributed by atoms with Gasteiger partial charge in [0.2, 0.25) is 5.71 Å². The Morgan fingerprint density at radius 3 is 2.39 bits per heavy atom. The first kappa shape index (κ1) is 17.0. The van der Waals surface area contributed by atoms with Crippen LogP contribution >= 0.6 is 0 Å². The molecule has 1 aromatic carbocycles. The number of nitrogens with zero attached hydrogens (tertiary/aromatic N) is 4. The smallest absolute Gasteiger partial charge is 0.338 e. The highest BCUT2D eigenvalue weighted by molar-refractivity contribution is 6.45. The molecule has 0 heterocycles. The van der Waals surface area contributed by atoms with Gasteiger partial charge in [0.05, 0.1) is 21.5 Å². The number of carboxylic acid groups (broad SMARTS) is 1. The lowest BCUT2D eigenvalue weighted by atomic mass is 10.1. The zero-order chi connectivity index (χ0) is 17.7. The fourth-order valence-electron chi connectivity index (χ4n) is 1.40. The van der Waals surface area contributed by atoms with Crippen LogP contribution in [0.5, 0.6) is 0 Å². The molecular weight excluding hydrogens is 314 g/mol. The third-order valence-electron chi connectivity index (χ3n) is 2.38. The first-order valence-electron chi connectivity index (χ1n) is 5.47. The summed E-state index contributed by atoms with van der Waals surface area (Å²) in [6.07, 6.45) is 0. The monoisotopic (exact) mass is 321 g/mol. The van der Waals surface area contributed by atoms with Crippen LogP contribution in [0.2, 0.25) is 0 Å². The highest BCUT2D eigenvalue weighted by Crippen LogP contribution is 2.33. The fraction of sp³-hybridized carbons (Fsp3) is 0. The predicted molar refractivity (Wildman–Crippen MR) is 75.3 cm³/mol. The molecule has 0 fully saturated rings. The van der Waals surface area contributed by atoms with Crippen molar-refractivity contribution in [1.29, 1.82) is 10.7 Å². The number of anilines is 1. The van der Waals surface area contributed by atoms with Crippen molar-refractivity contribution in [1.82, 2.24) is 0 Å². The highest BCUT2D eigenvalue weighted by atomic mass is 16.6. The van der Waals surface area contributed by atoms with E-state index in [-0.39, 0.29) is 0 Å². The summed E-state index contributed by atoms with van der Waals surface area (Å²) in [7, 11) is 0. The van der Waals surface area contributed by atoms with Crippen LogP contribution in [0.15, 0.2) is 17.2 Å². The van der Waals surface area contributed by atoms with Crippen molar-refractivity contribution in [2.24, 2.45) is 10.8 Å². The van der Waals surface area contributed by atoms with Gasteiger partial charge in [0.1, 0.15) is 11.8 Å². The molecule has 0 aliphatic heterocycles. The normalized spacial score (nSPS) is 10.5. The van der Waals surface area contributed by atoms with Crippen LogP contribution in [-0.2, 0) is 0 Å². The number of non-ortho nitro benzene ring substituents is 1. The number of hydrogen-bond donors (Lipinski definition) is 4. The van der Waals surface area contributed by atoms with Crippen LogP contribution in [0.3, 0.4) is 0 Å². The van der Waals surface area contributed by atoms with Gasteiger partial charge in [-0.05, 0) is 0 Å². The average Bonchev–Trinajstić information content (AvgIpc) is 2.46. The second-order valence-corrected chi connectivity index (χ2v) is 3.80. The number of nitro groups is 2. The van der Waals surface area contributed by atoms with Gasteiger partial charge in [0.15, 0.2) is 5.84 Å². The van der Waals surface area contributed by atoms with E-state index in [1.165, 1.54) is 6.07 Å². The number of rotatable bonds is 6. The van der Waals surface area contributed by atoms with Crippen molar-refractivity contribution in [3.63, 3.8) is 0 Å². The summed E-state index contributed by atoms with van der Waals surface area (Å²) in [5.74, 6) is -2.46. The molecule has 5 N–H and O–H groups in total. The lowest BCUT2D eigenvalue weighted by molar-refractivity contribution is -0.393. The van der Waals surface area contributed by atoms with E-state index in [0.717, 1.165) is 0 Å². The zero-order valence-electron chi connectivity index (χ0n) is 11.0. The van der Waals surface area contributed by atoms with E-state index in [0.29, 0.717) is 12.1 Å². The highest BCUT2D eigenvalue weighted by Gasteiger charge is 2.27. The second kappa shape index (κ2) is 6.58. The van der Waals surface area contributed by atoms with Gasteiger partial charge in [-0.2, -0.15) is 10.4 Å². The fourth-order valence-corrected chi connectivity index (χ4v) is 1.40. The van der Waals surface area contributed by atoms with E-state index in [2.05, 4.69) is 5.10 Å². The van der Waals surface area contributed by atoms with Gasteiger partial charge in [-0.25, -0.2) is 4.79 Å². The van der Waals surface area contributed by atoms with Gasteiger partial charge in [-0.3, -0.25) is 31.1 Å². The number of aromatic carboxylic acids is 1. The zero-order valence-corrected chi connectivity index (χ0v) is 11.0. The lowest BCUT2D eigenvalue weighted by Gasteiger charge is -2.06. The first-order valence-corrected chi connectivity index (χ1v) is 5.47. The molecular formula is C10H7N7O6. The molecule has 1 rings (SSSR count). The Labute approximate surface area is 126 Å². The largest absolute Gasteiger partial charge is 0.478 e. The van der Waals surface area contributed by atoms with Crippen molar-refractivity contribution >= 4 is 34.6 Å². The van der Waals surface area contributed by atoms with Gasteiger partial charge in [-0.15, -0.1) is 0 Å². The van der Waals surface area contributed by atoms with Crippen molar-refractivity contribution < 1.29 is 19.7 Å². The molecule has 0 aromatic heterocycles. The Morgan fingerprint density at radius 1 is 1.39 bits per heavy atom. The standard InChI is InChI=1S/C10H7N7O6/c11-3-6(9(12)13)14-15-8-5(10(18)19)1-4(16(20)21)2-7(8)17(22)23/h1-2,15H,(H3,12,13)(H,18,19)/b14-6+. The summed E-state index contributed by atoms with van der Waals surface area (Å²) in [5, 5.41) is 49.7. The van der Waals surface area contributed by atoms with E-state index in [1.54, 1.807) is 0 Å². The number of carbonyl (C=O) groups is 1. The van der Waals surface area contributed by atoms with E-state index in [9.17, 15) is 25.0 Å². The van der Waals surface area contributed by atoms with E-state index in [4.69, 9.17) is 21.5 Å². The number of nitriles is 1. The van der Waals surface area contributed by atoms with Crippen LogP contribution in [0.4, 0.5) is 17.1 Å². The molecule has 0 amide bonds. The van der Waals surface area contributed by atoms with E-state index >= 15 is 0 Å². The molecule has 0 unspecified atom stereocenters. The Hall–Kier alpha value is -4.08. The third-order valence-corrected chi connectivity index (χ3v) is 2.38. The number of nitro benzene ring substituents is 2. The summed E-state index contributed by atoms with van der Waals surface area (Å²) in [4.78, 5) is 30.8. The number of carboxylic acids is 1. The average molecular weight is 321 g/mol. The molecule has 23 heavy (non-hydrogen) atoms. The van der Waals surface area contributed by atoms with Crippen LogP contribution in [0.1, 0.15) is 10.4 Å². The number of nitrogens with two attached hydrogens (primary N) is 1. The summed E-state index contributed by atoms with van der Waals surface area (Å²) in [5.41, 5.74) is 3.05. The quantitative estimate of drug-likeness (QED) is 0.246. The molecule has 0 saturated heterocycles. The van der Waals surface area contributed by atoms with Crippen molar-refractivity contribution in [2.45, 2.75) is 0 Å². The first-order chi connectivity index (χ1) is 10.7. The molecule has 1 aromatic rings. The number of nitrogens with one attached hydrogen (secondary N) is 2. The van der Waals surface area contributed by atoms with Crippen LogP contribution < -0.4 is 11.2 Å². The Balaban J connectivity index is 3.59. The minimum absolute atomic E-state index is 0.532. The molecule has 0 aliphatic rings. The van der Waals surface area contributed by atoms with Crippen LogP contribution in [0.25, 0.3) is 0 Å². The van der Waals surface area contributed by atoms with E-state index in [1.807, 2.05) is 5.43 Å². The molecule has 0 spiro atoms. The maximum Gasteiger partial charge on any atom is 0.338 e. The van der Waals surface area contributed by atoms with Crippen molar-refractivity contribution in [3.05, 3.63) is 37.9 Å². The molecule has 13 nitrogen and oxygen atoms in total. The lowest BCUT2D eigenvalue weighted by Crippen LogP contribution is -2.22. The molecule has 0 radical (unpaired) electrons. The maximum absolute atomic E-state index is 11.2. The van der Waals surface area contributed by atoms with Crippen molar-refractivity contribution in [3.8, 4) is 6.07 Å². The molecule has 0 saturated carbocycles. The van der Waals surface area contributed by atoms with Gasteiger partial charge in [-0.1, -0.05) is 0 Å². The van der Waals surface area contributed by atoms with Gasteiger partial charge in [0, 0.05) is 6.07 Å². The predicted octanol–water partition coefficient (Wildman–Crippen LogP) is 0.429. The van der Waals surface area contributed by atoms with Crippen LogP contribution in [0, 0.1) is 37.0 Å². The third kappa shape index (κ3) is 3.72. The second-order valence-electron chi connectivity index (χ2n) is 3.80. The molecule has 0 aliphatic carbocycles. The Kier molecular flexibility index (Phi) is 4.86. The maximum atomic E-state index is 11.2. The Morgan fingerprint density at radius 2 is 2.00 bits per heavy atom. The minimum atomic E-state index is -1.70. The number of hydrogen-bond acceptors (Lipinski definition) is 9. The number of hydrazone groups is 1. The Bertz CT molecular complexity index is 758. The minimum Gasteiger partial charge on any atom is -0.478 e. The van der Waals surface area contributed by atoms with Gasteiger partial charge < -0.3 is 10.8 Å². The summed E-state index contributed by atoms with van der Waals surface area (Å²) >= 11 is 0. The van der Waals surface area contributed by atoms with Gasteiger partial charge in [0.25, 0.3) is 5.69 Å². The molecule has 0 bridgehead atoms. The molecule has 0 atom stereocenters. The topological polar surface area (TPSA) is 222 Å². The van der Waals surface area contributed by atoms with Crippen molar-refractivity contribution in [2.75, 3.05) is 5.43 Å². The summed E-state index contributed by atoms with van der Waals surface area (Å²) < 4.78 is 0. The molecule has 118 valence electrons. The van der Waals surface area contributed by atoms with E-state index < -0.39 is 50.0 Å². The van der Waals surface area contributed by atoms with Gasteiger partial charge >= 0.3 is 11.7 Å². The molecule has 13 heteroatoms. The number of benzene rings is 1.